The first kappa shape index (κ1) is 15.2. The molecule has 20 heavy (non-hydrogen) atoms. The van der Waals surface area contributed by atoms with Crippen LogP contribution in [0.15, 0.2) is 22.4 Å². The van der Waals surface area contributed by atoms with Crippen molar-refractivity contribution in [2.24, 2.45) is 0 Å². The van der Waals surface area contributed by atoms with Crippen LogP contribution in [0.4, 0.5) is 5.69 Å². The zero-order valence-corrected chi connectivity index (χ0v) is 13.6. The molecule has 0 radical (unpaired) electrons. The molecule has 0 bridgehead atoms. The van der Waals surface area contributed by atoms with Gasteiger partial charge in [-0.2, -0.15) is 0 Å². The van der Waals surface area contributed by atoms with Gasteiger partial charge in [-0.3, -0.25) is 4.72 Å². The first-order valence-corrected chi connectivity index (χ1v) is 8.47. The first-order chi connectivity index (χ1) is 9.20. The molecule has 0 aliphatic carbocycles. The van der Waals surface area contributed by atoms with E-state index in [-0.39, 0.29) is 9.96 Å². The highest BCUT2D eigenvalue weighted by atomic mass is 35.5. The fraction of sp³-hybridized carbons (Fsp3) is 0.231. The molecule has 4 nitrogen and oxygen atoms in total. The molecular weight excluding hydrogens is 318 g/mol. The molecule has 0 saturated heterocycles. The Morgan fingerprint density at radius 2 is 1.75 bits per heavy atom. The number of aryl methyl sites for hydroxylation is 3. The minimum atomic E-state index is -3.66. The summed E-state index contributed by atoms with van der Waals surface area (Å²) < 4.78 is 27.7. The van der Waals surface area contributed by atoms with Gasteiger partial charge in [-0.05, 0) is 55.7 Å². The van der Waals surface area contributed by atoms with E-state index in [2.05, 4.69) is 4.72 Å². The highest BCUT2D eigenvalue weighted by Crippen LogP contribution is 2.32. The van der Waals surface area contributed by atoms with Gasteiger partial charge >= 0.3 is 0 Å². The third-order valence-electron chi connectivity index (χ3n) is 2.89. The third kappa shape index (κ3) is 2.92. The van der Waals surface area contributed by atoms with E-state index in [0.717, 1.165) is 16.9 Å². The summed E-state index contributed by atoms with van der Waals surface area (Å²) in [6, 6.07) is 4.67. The van der Waals surface area contributed by atoms with E-state index >= 15 is 0 Å². The van der Waals surface area contributed by atoms with Crippen molar-refractivity contribution in [3.05, 3.63) is 39.2 Å². The van der Waals surface area contributed by atoms with Crippen molar-refractivity contribution < 1.29 is 13.5 Å². The summed E-state index contributed by atoms with van der Waals surface area (Å²) in [4.78, 5) is 0. The van der Waals surface area contributed by atoms with E-state index in [1.54, 1.807) is 26.8 Å². The summed E-state index contributed by atoms with van der Waals surface area (Å²) in [7, 11) is -3.66. The topological polar surface area (TPSA) is 66.4 Å². The molecule has 0 aliphatic heterocycles. The predicted octanol–water partition coefficient (Wildman–Crippen LogP) is 3.83. The van der Waals surface area contributed by atoms with Crippen LogP contribution in [0.5, 0.6) is 5.75 Å². The normalized spacial score (nSPS) is 11.6. The molecule has 0 aliphatic rings. The Morgan fingerprint density at radius 1 is 1.10 bits per heavy atom. The Hall–Kier alpha value is -1.24. The minimum absolute atomic E-state index is 0.139. The lowest BCUT2D eigenvalue weighted by Crippen LogP contribution is -2.12. The van der Waals surface area contributed by atoms with E-state index in [4.69, 9.17) is 11.6 Å². The van der Waals surface area contributed by atoms with Crippen molar-refractivity contribution >= 4 is 38.6 Å². The maximum Gasteiger partial charge on any atom is 0.271 e. The Morgan fingerprint density at radius 3 is 2.30 bits per heavy atom. The quantitative estimate of drug-likeness (QED) is 0.840. The van der Waals surface area contributed by atoms with Crippen LogP contribution in [0, 0.1) is 20.8 Å². The summed E-state index contributed by atoms with van der Waals surface area (Å²) in [5.41, 5.74) is 2.43. The number of benzene rings is 1. The largest absolute Gasteiger partial charge is 0.508 e. The van der Waals surface area contributed by atoms with Crippen molar-refractivity contribution in [3.8, 4) is 5.75 Å². The van der Waals surface area contributed by atoms with E-state index in [1.807, 2.05) is 0 Å². The lowest BCUT2D eigenvalue weighted by Gasteiger charge is -2.11. The van der Waals surface area contributed by atoms with Crippen LogP contribution in [0.3, 0.4) is 0 Å². The van der Waals surface area contributed by atoms with Gasteiger partial charge in [0.2, 0.25) is 0 Å². The van der Waals surface area contributed by atoms with Crippen LogP contribution in [0.2, 0.25) is 4.34 Å². The maximum absolute atomic E-state index is 12.3. The highest BCUT2D eigenvalue weighted by molar-refractivity contribution is 7.94. The molecule has 0 fully saturated rings. The molecule has 1 heterocycles. The Labute approximate surface area is 127 Å². The molecule has 2 rings (SSSR count). The lowest BCUT2D eigenvalue weighted by atomic mass is 10.1. The number of phenolic OH excluding ortho intramolecular Hbond substituents is 1. The highest BCUT2D eigenvalue weighted by Gasteiger charge is 2.19. The maximum atomic E-state index is 12.3. The Kier molecular flexibility index (Phi) is 4.00. The van der Waals surface area contributed by atoms with E-state index in [0.29, 0.717) is 21.2 Å². The second kappa shape index (κ2) is 5.27. The number of phenols is 1. The molecule has 0 amide bonds. The fourth-order valence-electron chi connectivity index (χ4n) is 1.67. The summed E-state index contributed by atoms with van der Waals surface area (Å²) in [5.74, 6) is 0.139. The minimum Gasteiger partial charge on any atom is -0.508 e. The molecular formula is C13H14ClNO3S2. The van der Waals surface area contributed by atoms with Gasteiger partial charge < -0.3 is 5.11 Å². The monoisotopic (exact) mass is 331 g/mol. The molecule has 0 atom stereocenters. The van der Waals surface area contributed by atoms with Crippen molar-refractivity contribution in [2.75, 3.05) is 4.72 Å². The smallest absolute Gasteiger partial charge is 0.271 e. The summed E-state index contributed by atoms with van der Waals surface area (Å²) in [5, 5.41) is 9.59. The number of halogens is 1. The number of hydrogen-bond donors (Lipinski definition) is 2. The number of hydrogen-bond acceptors (Lipinski definition) is 4. The van der Waals surface area contributed by atoms with Gasteiger partial charge in [0.25, 0.3) is 10.0 Å². The predicted molar refractivity (Wildman–Crippen MR) is 82.5 cm³/mol. The van der Waals surface area contributed by atoms with Crippen LogP contribution in [0.25, 0.3) is 0 Å². The molecule has 7 heteroatoms. The summed E-state index contributed by atoms with van der Waals surface area (Å²) >= 11 is 6.93. The van der Waals surface area contributed by atoms with E-state index in [1.165, 1.54) is 12.1 Å². The molecule has 2 N–H and O–H groups in total. The van der Waals surface area contributed by atoms with Gasteiger partial charge in [0, 0.05) is 0 Å². The number of nitrogens with one attached hydrogen (secondary N) is 1. The third-order valence-corrected chi connectivity index (χ3v) is 6.28. The summed E-state index contributed by atoms with van der Waals surface area (Å²) in [6.45, 7) is 5.19. The summed E-state index contributed by atoms with van der Waals surface area (Å²) in [6.07, 6.45) is 0. The van der Waals surface area contributed by atoms with Gasteiger partial charge in [-0.25, -0.2) is 8.42 Å². The van der Waals surface area contributed by atoms with Crippen LogP contribution in [-0.2, 0) is 10.0 Å². The lowest BCUT2D eigenvalue weighted by molar-refractivity contribution is 0.471. The number of sulfonamides is 1. The molecule has 0 spiro atoms. The van der Waals surface area contributed by atoms with Crippen LogP contribution < -0.4 is 4.72 Å². The number of thiophene rings is 1. The van der Waals surface area contributed by atoms with Crippen molar-refractivity contribution in [1.82, 2.24) is 0 Å². The number of rotatable bonds is 3. The van der Waals surface area contributed by atoms with Crippen molar-refractivity contribution in [2.45, 2.75) is 25.0 Å². The van der Waals surface area contributed by atoms with E-state index in [9.17, 15) is 13.5 Å². The Bertz CT molecular complexity index is 747. The molecule has 2 aromatic rings. The van der Waals surface area contributed by atoms with E-state index < -0.39 is 10.0 Å². The average molecular weight is 332 g/mol. The van der Waals surface area contributed by atoms with Crippen LogP contribution >= 0.6 is 22.9 Å². The second-order valence-corrected chi connectivity index (χ2v) is 8.14. The van der Waals surface area contributed by atoms with Gasteiger partial charge in [0.15, 0.2) is 0 Å². The number of anilines is 1. The molecule has 0 saturated carbocycles. The van der Waals surface area contributed by atoms with Gasteiger partial charge in [-0.1, -0.05) is 11.6 Å². The zero-order valence-electron chi connectivity index (χ0n) is 11.2. The SMILES string of the molecule is Cc1cc(NS(=O)(=O)c2cc(C)c(Cl)s2)c(C)cc1O. The van der Waals surface area contributed by atoms with Crippen LogP contribution in [0.1, 0.15) is 16.7 Å². The van der Waals surface area contributed by atoms with Gasteiger partial charge in [-0.15, -0.1) is 11.3 Å². The second-order valence-electron chi connectivity index (χ2n) is 4.58. The fourth-order valence-corrected chi connectivity index (χ4v) is 4.50. The first-order valence-electron chi connectivity index (χ1n) is 5.79. The van der Waals surface area contributed by atoms with Gasteiger partial charge in [0.1, 0.15) is 9.96 Å². The van der Waals surface area contributed by atoms with Crippen LogP contribution in [-0.4, -0.2) is 13.5 Å². The Balaban J connectivity index is 2.40. The average Bonchev–Trinajstić information content (AvgIpc) is 2.67. The number of aromatic hydroxyl groups is 1. The van der Waals surface area contributed by atoms with Crippen molar-refractivity contribution in [1.29, 1.82) is 0 Å². The standard InChI is InChI=1S/C13H14ClNO3S2/c1-7-5-11(16)8(2)4-10(7)15-20(17,18)12-6-9(3)13(14)19-12/h4-6,15-16H,1-3H3. The molecule has 1 aromatic heterocycles. The molecule has 1 aromatic carbocycles. The zero-order chi connectivity index (χ0) is 15.1. The van der Waals surface area contributed by atoms with Gasteiger partial charge in [0.05, 0.1) is 10.0 Å². The molecule has 0 unspecified atom stereocenters. The molecule has 108 valence electrons. The van der Waals surface area contributed by atoms with Crippen molar-refractivity contribution in [3.63, 3.8) is 0 Å².